The molecular formula is C20H23F2N3O. The summed E-state index contributed by atoms with van der Waals surface area (Å²) in [5.74, 6) is 0.469. The number of hydrogen-bond donors (Lipinski definition) is 2. The van der Waals surface area contributed by atoms with Crippen molar-refractivity contribution in [2.45, 2.75) is 25.8 Å². The number of nitrogens with zero attached hydrogens (tertiary/aromatic N) is 1. The Morgan fingerprint density at radius 3 is 2.88 bits per heavy atom. The molecule has 0 saturated heterocycles. The second-order valence-corrected chi connectivity index (χ2v) is 6.12. The molecule has 2 aromatic rings. The van der Waals surface area contributed by atoms with Crippen molar-refractivity contribution < 1.29 is 13.5 Å². The summed E-state index contributed by atoms with van der Waals surface area (Å²) in [4.78, 5) is 4.53. The van der Waals surface area contributed by atoms with Gasteiger partial charge in [0.2, 0.25) is 0 Å². The molecule has 2 aromatic carbocycles. The van der Waals surface area contributed by atoms with Crippen molar-refractivity contribution in [3.05, 3.63) is 65.2 Å². The van der Waals surface area contributed by atoms with Crippen LogP contribution in [0.15, 0.2) is 47.5 Å². The molecule has 4 nitrogen and oxygen atoms in total. The molecule has 1 atom stereocenters. The van der Waals surface area contributed by atoms with Crippen LogP contribution >= 0.6 is 0 Å². The minimum atomic E-state index is -0.567. The molecule has 138 valence electrons. The van der Waals surface area contributed by atoms with E-state index in [1.54, 1.807) is 0 Å². The smallest absolute Gasteiger partial charge is 0.191 e. The van der Waals surface area contributed by atoms with E-state index in [0.717, 1.165) is 30.3 Å². The highest BCUT2D eigenvalue weighted by Crippen LogP contribution is 2.31. The van der Waals surface area contributed by atoms with E-state index in [-0.39, 0.29) is 6.04 Å². The lowest BCUT2D eigenvalue weighted by molar-refractivity contribution is 0.261. The molecule has 1 aliphatic heterocycles. The molecule has 0 amide bonds. The van der Waals surface area contributed by atoms with Gasteiger partial charge < -0.3 is 15.4 Å². The maximum Gasteiger partial charge on any atom is 0.191 e. The number of benzene rings is 2. The Bertz CT molecular complexity index is 779. The number of guanidine groups is 1. The highest BCUT2D eigenvalue weighted by Gasteiger charge is 2.21. The summed E-state index contributed by atoms with van der Waals surface area (Å²) in [6.07, 6.45) is 1.25. The van der Waals surface area contributed by atoms with Gasteiger partial charge in [-0.05, 0) is 31.0 Å². The van der Waals surface area contributed by atoms with Gasteiger partial charge in [0.05, 0.1) is 12.6 Å². The Hall–Kier alpha value is -2.63. The Balaban J connectivity index is 1.66. The second kappa shape index (κ2) is 8.65. The summed E-state index contributed by atoms with van der Waals surface area (Å²) in [5, 5.41) is 6.64. The van der Waals surface area contributed by atoms with Crippen molar-refractivity contribution in [1.29, 1.82) is 0 Å². The fraction of sp³-hybridized carbons (Fsp3) is 0.350. The number of ether oxygens (including phenoxy) is 1. The first-order valence-electron chi connectivity index (χ1n) is 8.88. The van der Waals surface area contributed by atoms with Crippen LogP contribution < -0.4 is 15.4 Å². The zero-order valence-corrected chi connectivity index (χ0v) is 14.8. The third-order valence-corrected chi connectivity index (χ3v) is 4.28. The molecule has 0 spiro atoms. The van der Waals surface area contributed by atoms with Gasteiger partial charge in [0, 0.05) is 31.1 Å². The molecule has 3 rings (SSSR count). The van der Waals surface area contributed by atoms with Crippen LogP contribution in [0.25, 0.3) is 0 Å². The Morgan fingerprint density at radius 1 is 1.23 bits per heavy atom. The number of aliphatic imine (C=N–C) groups is 1. The monoisotopic (exact) mass is 359 g/mol. The predicted octanol–water partition coefficient (Wildman–Crippen LogP) is 3.59. The quantitative estimate of drug-likeness (QED) is 0.634. The van der Waals surface area contributed by atoms with Crippen LogP contribution in [0.1, 0.15) is 30.5 Å². The predicted molar refractivity (Wildman–Crippen MR) is 98.5 cm³/mol. The normalized spacial score (nSPS) is 16.6. The topological polar surface area (TPSA) is 45.7 Å². The van der Waals surface area contributed by atoms with Gasteiger partial charge in [-0.2, -0.15) is 0 Å². The number of hydrogen-bond acceptors (Lipinski definition) is 2. The molecular weight excluding hydrogens is 336 g/mol. The molecule has 0 bridgehead atoms. The van der Waals surface area contributed by atoms with Gasteiger partial charge >= 0.3 is 0 Å². The lowest BCUT2D eigenvalue weighted by atomic mass is 10.0. The van der Waals surface area contributed by atoms with Gasteiger partial charge in [-0.1, -0.05) is 24.3 Å². The van der Waals surface area contributed by atoms with E-state index in [2.05, 4.69) is 15.6 Å². The largest absolute Gasteiger partial charge is 0.493 e. The lowest BCUT2D eigenvalue weighted by Crippen LogP contribution is -2.41. The van der Waals surface area contributed by atoms with Crippen molar-refractivity contribution >= 4 is 5.96 Å². The van der Waals surface area contributed by atoms with E-state index in [1.807, 2.05) is 31.2 Å². The van der Waals surface area contributed by atoms with Gasteiger partial charge in [-0.25, -0.2) is 8.78 Å². The summed E-state index contributed by atoms with van der Waals surface area (Å²) >= 11 is 0. The van der Waals surface area contributed by atoms with Crippen molar-refractivity contribution in [3.63, 3.8) is 0 Å². The molecule has 0 fully saturated rings. The van der Waals surface area contributed by atoms with Crippen LogP contribution in [0.2, 0.25) is 0 Å². The van der Waals surface area contributed by atoms with E-state index in [0.29, 0.717) is 31.1 Å². The molecule has 1 aliphatic rings. The van der Waals surface area contributed by atoms with Gasteiger partial charge in [0.1, 0.15) is 17.4 Å². The van der Waals surface area contributed by atoms with E-state index < -0.39 is 11.6 Å². The zero-order valence-electron chi connectivity index (χ0n) is 14.8. The summed E-state index contributed by atoms with van der Waals surface area (Å²) in [6.45, 7) is 3.77. The first-order valence-corrected chi connectivity index (χ1v) is 8.88. The lowest BCUT2D eigenvalue weighted by Gasteiger charge is -2.28. The average molecular weight is 359 g/mol. The maximum atomic E-state index is 13.7. The first-order chi connectivity index (χ1) is 12.7. The molecule has 6 heteroatoms. The summed E-state index contributed by atoms with van der Waals surface area (Å²) < 4.78 is 32.4. The molecule has 0 saturated carbocycles. The Labute approximate surface area is 152 Å². The van der Waals surface area contributed by atoms with Crippen molar-refractivity contribution in [2.24, 2.45) is 4.99 Å². The Kier molecular flexibility index (Phi) is 6.04. The highest BCUT2D eigenvalue weighted by atomic mass is 19.1. The molecule has 26 heavy (non-hydrogen) atoms. The zero-order chi connectivity index (χ0) is 18.4. The molecule has 1 heterocycles. The SMILES string of the molecule is CCNC(=NCCc1ccc(F)cc1F)NC1CCOc2ccccc21. The number of halogens is 2. The maximum absolute atomic E-state index is 13.7. The first kappa shape index (κ1) is 18.2. The minimum Gasteiger partial charge on any atom is -0.493 e. The molecule has 0 radical (unpaired) electrons. The highest BCUT2D eigenvalue weighted by molar-refractivity contribution is 5.80. The minimum absolute atomic E-state index is 0.111. The number of fused-ring (bicyclic) bond motifs is 1. The van der Waals surface area contributed by atoms with E-state index >= 15 is 0 Å². The van der Waals surface area contributed by atoms with Crippen LogP contribution in [-0.4, -0.2) is 25.7 Å². The third-order valence-electron chi connectivity index (χ3n) is 4.28. The van der Waals surface area contributed by atoms with E-state index in [1.165, 1.54) is 12.1 Å². The van der Waals surface area contributed by atoms with Crippen LogP contribution in [-0.2, 0) is 6.42 Å². The Morgan fingerprint density at radius 2 is 2.08 bits per heavy atom. The molecule has 0 aromatic heterocycles. The van der Waals surface area contributed by atoms with Gasteiger partial charge in [-0.15, -0.1) is 0 Å². The van der Waals surface area contributed by atoms with Gasteiger partial charge in [0.15, 0.2) is 5.96 Å². The molecule has 0 aliphatic carbocycles. The van der Waals surface area contributed by atoms with E-state index in [9.17, 15) is 8.78 Å². The average Bonchev–Trinajstić information content (AvgIpc) is 2.64. The van der Waals surface area contributed by atoms with Crippen LogP contribution in [0, 0.1) is 11.6 Å². The van der Waals surface area contributed by atoms with Gasteiger partial charge in [-0.3, -0.25) is 4.99 Å². The number of nitrogens with one attached hydrogen (secondary N) is 2. The standard InChI is InChI=1S/C20H23F2N3O/c1-2-23-20(24-11-9-14-7-8-15(21)13-17(14)22)25-18-10-12-26-19-6-4-3-5-16(18)19/h3-8,13,18H,2,9-12H2,1H3,(H2,23,24,25). The van der Waals surface area contributed by atoms with Crippen LogP contribution in [0.4, 0.5) is 8.78 Å². The van der Waals surface area contributed by atoms with E-state index in [4.69, 9.17) is 4.74 Å². The second-order valence-electron chi connectivity index (χ2n) is 6.12. The summed E-state index contributed by atoms with van der Waals surface area (Å²) in [5.41, 5.74) is 1.57. The van der Waals surface area contributed by atoms with Crippen LogP contribution in [0.5, 0.6) is 5.75 Å². The summed E-state index contributed by atoms with van der Waals surface area (Å²) in [7, 11) is 0. The summed E-state index contributed by atoms with van der Waals surface area (Å²) in [6, 6.07) is 11.7. The van der Waals surface area contributed by atoms with Crippen molar-refractivity contribution in [2.75, 3.05) is 19.7 Å². The third kappa shape index (κ3) is 4.50. The van der Waals surface area contributed by atoms with Crippen molar-refractivity contribution in [1.82, 2.24) is 10.6 Å². The fourth-order valence-corrected chi connectivity index (χ4v) is 2.99. The van der Waals surface area contributed by atoms with Gasteiger partial charge in [0.25, 0.3) is 0 Å². The molecule has 2 N–H and O–H groups in total. The van der Waals surface area contributed by atoms with Crippen LogP contribution in [0.3, 0.4) is 0 Å². The number of rotatable bonds is 5. The fourth-order valence-electron chi connectivity index (χ4n) is 2.99. The molecule has 1 unspecified atom stereocenters. The number of para-hydroxylation sites is 1. The van der Waals surface area contributed by atoms with Crippen molar-refractivity contribution in [3.8, 4) is 5.75 Å².